The number of carbonyl (C=O) groups is 2. The van der Waals surface area contributed by atoms with Crippen LogP contribution in [0.1, 0.15) is 28.8 Å². The normalized spacial score (nSPS) is 15.1. The van der Waals surface area contributed by atoms with E-state index in [0.717, 1.165) is 18.2 Å². The molecule has 1 saturated heterocycles. The molecule has 0 radical (unpaired) electrons. The number of nitrogens with one attached hydrogen (secondary N) is 1. The van der Waals surface area contributed by atoms with Crippen LogP contribution in [0.3, 0.4) is 0 Å². The van der Waals surface area contributed by atoms with E-state index in [2.05, 4.69) is 10.3 Å². The van der Waals surface area contributed by atoms with Gasteiger partial charge in [0.1, 0.15) is 6.61 Å². The molecule has 1 fully saturated rings. The van der Waals surface area contributed by atoms with Gasteiger partial charge in [-0.05, 0) is 55.3 Å². The van der Waals surface area contributed by atoms with Crippen LogP contribution in [-0.2, 0) is 15.7 Å². The van der Waals surface area contributed by atoms with E-state index in [4.69, 9.17) is 4.74 Å². The van der Waals surface area contributed by atoms with Crippen LogP contribution < -0.4 is 15.1 Å². The Hall–Kier alpha value is -3.44. The van der Waals surface area contributed by atoms with Crippen LogP contribution >= 0.6 is 0 Å². The van der Waals surface area contributed by atoms with Crippen molar-refractivity contribution in [2.24, 2.45) is 4.99 Å². The largest absolute Gasteiger partial charge is 0.416 e. The van der Waals surface area contributed by atoms with E-state index < -0.39 is 17.6 Å². The summed E-state index contributed by atoms with van der Waals surface area (Å²) in [7, 11) is 1.44. The molecule has 1 aliphatic rings. The number of ether oxygens (including phenoxy) is 1. The summed E-state index contributed by atoms with van der Waals surface area (Å²) < 4.78 is 44.4. The molecule has 0 aliphatic carbocycles. The molecule has 2 aromatic carbocycles. The quantitative estimate of drug-likeness (QED) is 0.478. The molecular weight excluding hydrogens is 465 g/mol. The van der Waals surface area contributed by atoms with E-state index in [1.807, 2.05) is 0 Å². The fraction of sp³-hybridized carbons (Fsp3) is 0.375. The van der Waals surface area contributed by atoms with E-state index in [9.17, 15) is 27.9 Å². The number of hydrogen-bond acceptors (Lipinski definition) is 5. The standard InChI is InChI=1S/C24H27F3N4O4/c1-28-23(29-22(34)17-5-2-6-18(15-17)24(25,26)27)31(11-3-13-32)20-9-7-19(8-10-20)30-12-4-14-35-16-21(30)33/h2,5-10,15,32H,3-4,11-14,16H2,1H3,(H,28,29,34). The zero-order valence-electron chi connectivity index (χ0n) is 19.2. The van der Waals surface area contributed by atoms with Gasteiger partial charge in [0.05, 0.1) is 5.56 Å². The summed E-state index contributed by atoms with van der Waals surface area (Å²) in [6.45, 7) is 1.22. The Labute approximate surface area is 201 Å². The molecule has 188 valence electrons. The number of anilines is 2. The molecule has 3 rings (SSSR count). The van der Waals surface area contributed by atoms with Gasteiger partial charge in [-0.3, -0.25) is 19.9 Å². The van der Waals surface area contributed by atoms with E-state index in [1.165, 1.54) is 13.1 Å². The first-order valence-corrected chi connectivity index (χ1v) is 11.1. The van der Waals surface area contributed by atoms with Gasteiger partial charge in [-0.25, -0.2) is 0 Å². The Morgan fingerprint density at radius 2 is 1.97 bits per heavy atom. The third-order valence-electron chi connectivity index (χ3n) is 5.35. The smallest absolute Gasteiger partial charge is 0.396 e. The Morgan fingerprint density at radius 1 is 1.23 bits per heavy atom. The number of guanidine groups is 1. The van der Waals surface area contributed by atoms with Crippen molar-refractivity contribution in [2.45, 2.75) is 19.0 Å². The van der Waals surface area contributed by atoms with Crippen molar-refractivity contribution in [1.29, 1.82) is 0 Å². The summed E-state index contributed by atoms with van der Waals surface area (Å²) >= 11 is 0. The number of carbonyl (C=O) groups excluding carboxylic acids is 2. The molecule has 35 heavy (non-hydrogen) atoms. The van der Waals surface area contributed by atoms with Gasteiger partial charge in [0, 0.05) is 50.3 Å². The lowest BCUT2D eigenvalue weighted by atomic mass is 10.1. The summed E-state index contributed by atoms with van der Waals surface area (Å²) in [6, 6.07) is 11.1. The van der Waals surface area contributed by atoms with Gasteiger partial charge in [-0.15, -0.1) is 0 Å². The lowest BCUT2D eigenvalue weighted by Crippen LogP contribution is -2.45. The highest BCUT2D eigenvalue weighted by Gasteiger charge is 2.31. The lowest BCUT2D eigenvalue weighted by molar-refractivity contribution is -0.137. The highest BCUT2D eigenvalue weighted by atomic mass is 19.4. The Kier molecular flexibility index (Phi) is 8.83. The van der Waals surface area contributed by atoms with Gasteiger partial charge in [0.15, 0.2) is 0 Å². The number of amides is 2. The van der Waals surface area contributed by atoms with Crippen LogP contribution in [0.2, 0.25) is 0 Å². The number of aliphatic hydroxyl groups is 1. The Morgan fingerprint density at radius 3 is 2.63 bits per heavy atom. The van der Waals surface area contributed by atoms with Crippen molar-refractivity contribution in [3.8, 4) is 0 Å². The monoisotopic (exact) mass is 492 g/mol. The predicted octanol–water partition coefficient (Wildman–Crippen LogP) is 3.06. The molecule has 2 amide bonds. The van der Waals surface area contributed by atoms with Crippen molar-refractivity contribution in [3.63, 3.8) is 0 Å². The first-order chi connectivity index (χ1) is 16.7. The van der Waals surface area contributed by atoms with Crippen LogP contribution in [0.15, 0.2) is 53.5 Å². The zero-order valence-corrected chi connectivity index (χ0v) is 19.2. The maximum atomic E-state index is 13.0. The topological polar surface area (TPSA) is 94.5 Å². The Balaban J connectivity index is 1.82. The molecule has 0 spiro atoms. The number of rotatable bonds is 6. The van der Waals surface area contributed by atoms with Gasteiger partial charge in [-0.2, -0.15) is 13.2 Å². The fourth-order valence-electron chi connectivity index (χ4n) is 3.61. The minimum absolute atomic E-state index is 0.0125. The number of aliphatic imine (C=N–C) groups is 1. The molecule has 2 aromatic rings. The van der Waals surface area contributed by atoms with Crippen molar-refractivity contribution >= 4 is 29.1 Å². The maximum absolute atomic E-state index is 13.0. The summed E-state index contributed by atoms with van der Waals surface area (Å²) in [4.78, 5) is 32.4. The van der Waals surface area contributed by atoms with E-state index in [0.29, 0.717) is 37.4 Å². The summed E-state index contributed by atoms with van der Waals surface area (Å²) in [5.74, 6) is -0.790. The number of benzene rings is 2. The molecule has 0 bridgehead atoms. The molecule has 11 heteroatoms. The third-order valence-corrected chi connectivity index (χ3v) is 5.35. The minimum atomic E-state index is -4.58. The van der Waals surface area contributed by atoms with Gasteiger partial charge >= 0.3 is 6.18 Å². The van der Waals surface area contributed by atoms with Crippen molar-refractivity contribution in [2.75, 3.05) is 49.8 Å². The molecule has 8 nitrogen and oxygen atoms in total. The number of halogens is 3. The van der Waals surface area contributed by atoms with E-state index in [-0.39, 0.29) is 37.2 Å². The second-order valence-electron chi connectivity index (χ2n) is 7.78. The fourth-order valence-corrected chi connectivity index (χ4v) is 3.61. The van der Waals surface area contributed by atoms with Crippen LogP contribution in [-0.4, -0.2) is 62.8 Å². The van der Waals surface area contributed by atoms with Crippen molar-refractivity contribution in [3.05, 3.63) is 59.7 Å². The highest BCUT2D eigenvalue weighted by Crippen LogP contribution is 2.29. The number of aliphatic hydroxyl groups excluding tert-OH is 1. The van der Waals surface area contributed by atoms with Gasteiger partial charge in [-0.1, -0.05) is 6.07 Å². The molecular formula is C24H27F3N4O4. The summed E-state index contributed by atoms with van der Waals surface area (Å²) in [5.41, 5.74) is 0.210. The second-order valence-corrected chi connectivity index (χ2v) is 7.78. The molecule has 1 heterocycles. The predicted molar refractivity (Wildman–Crippen MR) is 126 cm³/mol. The molecule has 0 saturated carbocycles. The number of alkyl halides is 3. The zero-order chi connectivity index (χ0) is 25.4. The van der Waals surface area contributed by atoms with Crippen LogP contribution in [0.4, 0.5) is 24.5 Å². The summed E-state index contributed by atoms with van der Waals surface area (Å²) in [5, 5.41) is 11.9. The molecule has 0 unspecified atom stereocenters. The molecule has 2 N–H and O–H groups in total. The molecule has 1 aliphatic heterocycles. The average Bonchev–Trinajstić information content (AvgIpc) is 3.07. The number of nitrogens with zero attached hydrogens (tertiary/aromatic N) is 3. The van der Waals surface area contributed by atoms with Crippen molar-refractivity contribution < 1.29 is 32.6 Å². The molecule has 0 atom stereocenters. The molecule has 0 aromatic heterocycles. The number of hydrogen-bond donors (Lipinski definition) is 2. The average molecular weight is 492 g/mol. The SMILES string of the molecule is CN=C(NC(=O)c1cccc(C(F)(F)F)c1)N(CCCO)c1ccc(N2CCCOCC2=O)cc1. The van der Waals surface area contributed by atoms with Gasteiger partial charge in [0.25, 0.3) is 11.8 Å². The second kappa shape index (κ2) is 11.8. The first kappa shape index (κ1) is 26.2. The maximum Gasteiger partial charge on any atom is 0.416 e. The van der Waals surface area contributed by atoms with Gasteiger partial charge in [0.2, 0.25) is 5.96 Å². The van der Waals surface area contributed by atoms with Gasteiger partial charge < -0.3 is 19.6 Å². The van der Waals surface area contributed by atoms with Crippen LogP contribution in [0.25, 0.3) is 0 Å². The van der Waals surface area contributed by atoms with E-state index >= 15 is 0 Å². The van der Waals surface area contributed by atoms with Crippen LogP contribution in [0.5, 0.6) is 0 Å². The van der Waals surface area contributed by atoms with Crippen molar-refractivity contribution in [1.82, 2.24) is 5.32 Å². The Bertz CT molecular complexity index is 1060. The first-order valence-electron chi connectivity index (χ1n) is 11.1. The van der Waals surface area contributed by atoms with Crippen LogP contribution in [0, 0.1) is 0 Å². The minimum Gasteiger partial charge on any atom is -0.396 e. The highest BCUT2D eigenvalue weighted by molar-refractivity contribution is 6.11. The third kappa shape index (κ3) is 6.80. The lowest BCUT2D eigenvalue weighted by Gasteiger charge is -2.27. The van der Waals surface area contributed by atoms with E-state index in [1.54, 1.807) is 34.1 Å². The summed E-state index contributed by atoms with van der Waals surface area (Å²) in [6.07, 6.45) is -3.51.